The van der Waals surface area contributed by atoms with E-state index in [1.54, 1.807) is 0 Å². The quantitative estimate of drug-likeness (QED) is 0.685. The van der Waals surface area contributed by atoms with E-state index in [0.717, 1.165) is 22.5 Å². The molecular formula is C18H16BrNO. The molecular weight excluding hydrogens is 326 g/mol. The molecule has 3 heteroatoms. The molecule has 0 aliphatic rings. The van der Waals surface area contributed by atoms with E-state index in [1.165, 1.54) is 11.1 Å². The number of hydrogen-bond acceptors (Lipinski definition) is 2. The fourth-order valence-corrected chi connectivity index (χ4v) is 2.63. The number of nitrogens with one attached hydrogen (secondary N) is 1. The number of hydrogen-bond donors (Lipinski definition) is 1. The molecule has 0 saturated heterocycles. The van der Waals surface area contributed by atoms with Crippen LogP contribution in [0.1, 0.15) is 16.9 Å². The Morgan fingerprint density at radius 1 is 0.857 bits per heavy atom. The fourth-order valence-electron chi connectivity index (χ4n) is 2.29. The largest absolute Gasteiger partial charge is 0.452 e. The summed E-state index contributed by atoms with van der Waals surface area (Å²) in [7, 11) is 0. The number of halogens is 1. The topological polar surface area (TPSA) is 25.2 Å². The summed E-state index contributed by atoms with van der Waals surface area (Å²) in [5, 5.41) is 3.45. The van der Waals surface area contributed by atoms with Crippen molar-refractivity contribution in [3.8, 4) is 0 Å². The van der Waals surface area contributed by atoms with Gasteiger partial charge in [-0.25, -0.2) is 0 Å². The van der Waals surface area contributed by atoms with Crippen molar-refractivity contribution in [2.75, 3.05) is 5.32 Å². The second kappa shape index (κ2) is 6.64. The fraction of sp³-hybridized carbons (Fsp3) is 0.111. The van der Waals surface area contributed by atoms with Gasteiger partial charge in [-0.3, -0.25) is 0 Å². The van der Waals surface area contributed by atoms with Crippen molar-refractivity contribution in [2.24, 2.45) is 0 Å². The number of anilines is 1. The predicted octanol–water partition coefficient (Wildman–Crippen LogP) is 5.25. The molecule has 3 aromatic rings. The predicted molar refractivity (Wildman–Crippen MR) is 89.4 cm³/mol. The second-order valence-electron chi connectivity index (χ2n) is 4.88. The molecule has 2 aromatic carbocycles. The van der Waals surface area contributed by atoms with E-state index in [-0.39, 0.29) is 0 Å². The van der Waals surface area contributed by atoms with Crippen LogP contribution in [0, 0.1) is 0 Å². The average molecular weight is 342 g/mol. The number of para-hydroxylation sites is 1. The van der Waals surface area contributed by atoms with E-state index in [1.807, 2.05) is 18.2 Å². The molecule has 0 fully saturated rings. The van der Waals surface area contributed by atoms with Gasteiger partial charge >= 0.3 is 0 Å². The van der Waals surface area contributed by atoms with Gasteiger partial charge in [0.05, 0.1) is 6.54 Å². The van der Waals surface area contributed by atoms with E-state index < -0.39 is 0 Å². The Morgan fingerprint density at radius 2 is 1.62 bits per heavy atom. The lowest BCUT2D eigenvalue weighted by Gasteiger charge is -2.11. The van der Waals surface area contributed by atoms with E-state index in [0.29, 0.717) is 6.54 Å². The standard InChI is InChI=1S/C18H16BrNO/c19-18-11-10-16(21-18)13-20-17-9-5-4-8-15(17)12-14-6-2-1-3-7-14/h1-11,20H,12-13H2. The van der Waals surface area contributed by atoms with Gasteiger partial charge in [0.1, 0.15) is 5.76 Å². The molecule has 1 aromatic heterocycles. The van der Waals surface area contributed by atoms with Gasteiger partial charge in [0, 0.05) is 5.69 Å². The molecule has 0 atom stereocenters. The first-order valence-electron chi connectivity index (χ1n) is 6.91. The van der Waals surface area contributed by atoms with Crippen LogP contribution in [0.15, 0.2) is 75.8 Å². The third-order valence-corrected chi connectivity index (χ3v) is 3.76. The Hall–Kier alpha value is -2.00. The first-order valence-corrected chi connectivity index (χ1v) is 7.70. The molecule has 106 valence electrons. The zero-order valence-corrected chi connectivity index (χ0v) is 13.1. The maximum Gasteiger partial charge on any atom is 0.169 e. The highest BCUT2D eigenvalue weighted by molar-refractivity contribution is 9.10. The van der Waals surface area contributed by atoms with Crippen LogP contribution in [-0.4, -0.2) is 0 Å². The van der Waals surface area contributed by atoms with Gasteiger partial charge in [0.15, 0.2) is 4.67 Å². The highest BCUT2D eigenvalue weighted by atomic mass is 79.9. The smallest absolute Gasteiger partial charge is 0.169 e. The van der Waals surface area contributed by atoms with Crippen molar-refractivity contribution >= 4 is 21.6 Å². The van der Waals surface area contributed by atoms with E-state index >= 15 is 0 Å². The molecule has 0 unspecified atom stereocenters. The molecule has 2 nitrogen and oxygen atoms in total. The molecule has 21 heavy (non-hydrogen) atoms. The Balaban J connectivity index is 1.73. The third kappa shape index (κ3) is 3.76. The summed E-state index contributed by atoms with van der Waals surface area (Å²) in [6.45, 7) is 0.678. The normalized spacial score (nSPS) is 10.5. The monoisotopic (exact) mass is 341 g/mol. The van der Waals surface area contributed by atoms with Gasteiger partial charge in [-0.15, -0.1) is 0 Å². The zero-order valence-electron chi connectivity index (χ0n) is 11.6. The molecule has 1 N–H and O–H groups in total. The van der Waals surface area contributed by atoms with Crippen molar-refractivity contribution in [3.63, 3.8) is 0 Å². The van der Waals surface area contributed by atoms with Crippen molar-refractivity contribution < 1.29 is 4.42 Å². The zero-order chi connectivity index (χ0) is 14.5. The van der Waals surface area contributed by atoms with Crippen LogP contribution in [0.3, 0.4) is 0 Å². The summed E-state index contributed by atoms with van der Waals surface area (Å²) in [6, 6.07) is 22.8. The lowest BCUT2D eigenvalue weighted by molar-refractivity contribution is 0.495. The molecule has 0 amide bonds. The minimum absolute atomic E-state index is 0.678. The summed E-state index contributed by atoms with van der Waals surface area (Å²) in [4.78, 5) is 0. The van der Waals surface area contributed by atoms with Crippen molar-refractivity contribution in [3.05, 3.63) is 88.3 Å². The maximum absolute atomic E-state index is 5.52. The van der Waals surface area contributed by atoms with Crippen LogP contribution in [0.5, 0.6) is 0 Å². The highest BCUT2D eigenvalue weighted by Crippen LogP contribution is 2.21. The lowest BCUT2D eigenvalue weighted by atomic mass is 10.0. The molecule has 0 aliphatic heterocycles. The van der Waals surface area contributed by atoms with Gasteiger partial charge in [0.2, 0.25) is 0 Å². The minimum atomic E-state index is 0.678. The molecule has 3 rings (SSSR count). The minimum Gasteiger partial charge on any atom is -0.452 e. The third-order valence-electron chi connectivity index (χ3n) is 3.34. The van der Waals surface area contributed by atoms with Gasteiger partial charge < -0.3 is 9.73 Å². The summed E-state index contributed by atoms with van der Waals surface area (Å²) in [5.41, 5.74) is 3.75. The molecule has 0 aliphatic carbocycles. The van der Waals surface area contributed by atoms with Gasteiger partial charge in [-0.05, 0) is 51.7 Å². The van der Waals surface area contributed by atoms with Crippen LogP contribution in [0.25, 0.3) is 0 Å². The molecule has 0 spiro atoms. The van der Waals surface area contributed by atoms with Gasteiger partial charge in [0.25, 0.3) is 0 Å². The van der Waals surface area contributed by atoms with Crippen molar-refractivity contribution in [1.82, 2.24) is 0 Å². The number of furan rings is 1. The van der Waals surface area contributed by atoms with Crippen molar-refractivity contribution in [1.29, 1.82) is 0 Å². The van der Waals surface area contributed by atoms with Crippen LogP contribution in [-0.2, 0) is 13.0 Å². The Bertz CT molecular complexity index is 706. The number of benzene rings is 2. The summed E-state index contributed by atoms with van der Waals surface area (Å²) >= 11 is 3.32. The Labute approximate surface area is 132 Å². The van der Waals surface area contributed by atoms with E-state index in [2.05, 4.69) is 69.8 Å². The summed E-state index contributed by atoms with van der Waals surface area (Å²) in [6.07, 6.45) is 0.922. The highest BCUT2D eigenvalue weighted by Gasteiger charge is 2.04. The van der Waals surface area contributed by atoms with Crippen LogP contribution < -0.4 is 5.32 Å². The van der Waals surface area contributed by atoms with Crippen LogP contribution >= 0.6 is 15.9 Å². The summed E-state index contributed by atoms with van der Waals surface area (Å²) < 4.78 is 6.28. The van der Waals surface area contributed by atoms with Crippen molar-refractivity contribution in [2.45, 2.75) is 13.0 Å². The van der Waals surface area contributed by atoms with Gasteiger partial charge in [-0.1, -0.05) is 48.5 Å². The Kier molecular flexibility index (Phi) is 4.41. The molecule has 1 heterocycles. The Morgan fingerprint density at radius 3 is 2.38 bits per heavy atom. The SMILES string of the molecule is Brc1ccc(CNc2ccccc2Cc2ccccc2)o1. The first kappa shape index (κ1) is 14.0. The lowest BCUT2D eigenvalue weighted by Crippen LogP contribution is -2.02. The second-order valence-corrected chi connectivity index (χ2v) is 5.66. The molecule has 0 radical (unpaired) electrons. The molecule has 0 bridgehead atoms. The number of rotatable bonds is 5. The average Bonchev–Trinajstić information content (AvgIpc) is 2.93. The summed E-state index contributed by atoms with van der Waals surface area (Å²) in [5.74, 6) is 0.913. The first-order chi connectivity index (χ1) is 10.3. The van der Waals surface area contributed by atoms with E-state index in [4.69, 9.17) is 4.42 Å². The van der Waals surface area contributed by atoms with E-state index in [9.17, 15) is 0 Å². The van der Waals surface area contributed by atoms with Crippen LogP contribution in [0.4, 0.5) is 5.69 Å². The maximum atomic E-state index is 5.52. The van der Waals surface area contributed by atoms with Crippen LogP contribution in [0.2, 0.25) is 0 Å². The molecule has 0 saturated carbocycles. The van der Waals surface area contributed by atoms with Gasteiger partial charge in [-0.2, -0.15) is 0 Å².